The van der Waals surface area contributed by atoms with Crippen LogP contribution in [0.1, 0.15) is 25.7 Å². The number of aromatic nitrogens is 4. The van der Waals surface area contributed by atoms with E-state index in [1.165, 1.54) is 43.4 Å². The molecule has 2 aliphatic rings. The van der Waals surface area contributed by atoms with Gasteiger partial charge in [-0.2, -0.15) is 0 Å². The predicted molar refractivity (Wildman–Crippen MR) is 68.2 cm³/mol. The maximum Gasteiger partial charge on any atom is 0.244 e. The summed E-state index contributed by atoms with van der Waals surface area (Å²) >= 11 is 0. The normalized spacial score (nSPS) is 24.8. The van der Waals surface area contributed by atoms with E-state index in [0.717, 1.165) is 19.5 Å². The molecule has 0 saturated carbocycles. The number of hydrogen-bond acceptors (Lipinski definition) is 5. The van der Waals surface area contributed by atoms with E-state index in [-0.39, 0.29) is 12.5 Å². The second kappa shape index (κ2) is 5.64. The maximum absolute atomic E-state index is 12.2. The van der Waals surface area contributed by atoms with E-state index in [0.29, 0.717) is 6.04 Å². The molecule has 0 spiro atoms. The summed E-state index contributed by atoms with van der Waals surface area (Å²) in [4.78, 5) is 16.7. The minimum atomic E-state index is 0.121. The molecule has 1 aromatic rings. The Labute approximate surface area is 112 Å². The summed E-state index contributed by atoms with van der Waals surface area (Å²) in [5.74, 6) is 0.121. The van der Waals surface area contributed by atoms with Gasteiger partial charge in [0.1, 0.15) is 12.9 Å². The van der Waals surface area contributed by atoms with Gasteiger partial charge >= 0.3 is 0 Å². The van der Waals surface area contributed by atoms with Gasteiger partial charge in [-0.3, -0.25) is 9.69 Å². The third-order valence-corrected chi connectivity index (χ3v) is 4.09. The summed E-state index contributed by atoms with van der Waals surface area (Å²) in [5, 5.41) is 10.8. The largest absolute Gasteiger partial charge is 0.340 e. The van der Waals surface area contributed by atoms with Gasteiger partial charge in [-0.25, -0.2) is 4.68 Å². The Balaban J connectivity index is 1.56. The summed E-state index contributed by atoms with van der Waals surface area (Å²) in [5.41, 5.74) is 0. The van der Waals surface area contributed by atoms with E-state index >= 15 is 0 Å². The summed E-state index contributed by atoms with van der Waals surface area (Å²) in [7, 11) is 0. The molecule has 0 aromatic carbocycles. The minimum absolute atomic E-state index is 0.121. The molecule has 3 rings (SSSR count). The van der Waals surface area contributed by atoms with Gasteiger partial charge in [0.05, 0.1) is 0 Å². The van der Waals surface area contributed by atoms with Gasteiger partial charge in [-0.05, 0) is 49.2 Å². The summed E-state index contributed by atoms with van der Waals surface area (Å²) in [6, 6.07) is 0.550. The van der Waals surface area contributed by atoms with Crippen LogP contribution in [0, 0.1) is 0 Å². The first-order valence-electron chi connectivity index (χ1n) is 7.05. The van der Waals surface area contributed by atoms with Crippen molar-refractivity contribution in [1.82, 2.24) is 30.0 Å². The summed E-state index contributed by atoms with van der Waals surface area (Å²) in [6.45, 7) is 4.37. The van der Waals surface area contributed by atoms with Gasteiger partial charge in [-0.15, -0.1) is 5.10 Å². The van der Waals surface area contributed by atoms with Crippen LogP contribution < -0.4 is 0 Å². The van der Waals surface area contributed by atoms with E-state index in [1.807, 2.05) is 4.90 Å². The smallest absolute Gasteiger partial charge is 0.244 e. The van der Waals surface area contributed by atoms with Crippen molar-refractivity contribution in [2.45, 2.75) is 38.3 Å². The molecule has 104 valence electrons. The lowest BCUT2D eigenvalue weighted by Crippen LogP contribution is -2.49. The second-order valence-electron chi connectivity index (χ2n) is 5.39. The van der Waals surface area contributed by atoms with E-state index < -0.39 is 0 Å². The molecule has 1 amide bonds. The van der Waals surface area contributed by atoms with Crippen molar-refractivity contribution >= 4 is 5.91 Å². The maximum atomic E-state index is 12.2. The highest BCUT2D eigenvalue weighted by atomic mass is 16.2. The van der Waals surface area contributed by atoms with Crippen LogP contribution in [-0.2, 0) is 11.3 Å². The minimum Gasteiger partial charge on any atom is -0.340 e. The molecule has 3 heterocycles. The fraction of sp³-hybridized carbons (Fsp3) is 0.833. The van der Waals surface area contributed by atoms with Gasteiger partial charge in [-0.1, -0.05) is 0 Å². The van der Waals surface area contributed by atoms with Gasteiger partial charge in [0.25, 0.3) is 0 Å². The number of piperidine rings is 1. The van der Waals surface area contributed by atoms with Crippen LogP contribution in [0.15, 0.2) is 6.33 Å². The number of carbonyl (C=O) groups excluding carboxylic acids is 1. The molecular weight excluding hydrogens is 244 g/mol. The van der Waals surface area contributed by atoms with E-state index in [9.17, 15) is 4.79 Å². The Bertz CT molecular complexity index is 414. The van der Waals surface area contributed by atoms with Crippen molar-refractivity contribution in [3.63, 3.8) is 0 Å². The third-order valence-electron chi connectivity index (χ3n) is 4.09. The highest BCUT2D eigenvalue weighted by Gasteiger charge is 2.29. The van der Waals surface area contributed by atoms with Gasteiger partial charge < -0.3 is 4.90 Å². The topological polar surface area (TPSA) is 67.2 Å². The highest BCUT2D eigenvalue weighted by Crippen LogP contribution is 2.20. The lowest BCUT2D eigenvalue weighted by molar-refractivity contribution is -0.134. The van der Waals surface area contributed by atoms with Crippen molar-refractivity contribution < 1.29 is 4.79 Å². The van der Waals surface area contributed by atoms with Crippen molar-refractivity contribution in [3.8, 4) is 0 Å². The van der Waals surface area contributed by atoms with E-state index in [4.69, 9.17) is 0 Å². The molecule has 1 atom stereocenters. The molecular formula is C12H20N6O. The first kappa shape index (κ1) is 12.5. The molecule has 2 fully saturated rings. The number of nitrogens with zero attached hydrogens (tertiary/aromatic N) is 6. The van der Waals surface area contributed by atoms with Crippen LogP contribution in [0.5, 0.6) is 0 Å². The Kier molecular flexibility index (Phi) is 3.72. The number of amides is 1. The summed E-state index contributed by atoms with van der Waals surface area (Å²) < 4.78 is 1.49. The highest BCUT2D eigenvalue weighted by molar-refractivity contribution is 5.76. The lowest BCUT2D eigenvalue weighted by Gasteiger charge is -2.37. The Morgan fingerprint density at radius 3 is 2.79 bits per heavy atom. The second-order valence-corrected chi connectivity index (χ2v) is 5.39. The molecule has 7 heteroatoms. The SMILES string of the molecule is O=C(Cn1cnnn1)N1CCCC(N2CCCC2)C1. The standard InChI is InChI=1S/C12H20N6O/c19-12(9-18-10-13-14-15-18)17-7-3-4-11(8-17)16-5-1-2-6-16/h10-11H,1-9H2. The van der Waals surface area contributed by atoms with Gasteiger partial charge in [0.2, 0.25) is 5.91 Å². The first-order valence-corrected chi connectivity index (χ1v) is 7.05. The molecule has 7 nitrogen and oxygen atoms in total. The molecule has 2 aliphatic heterocycles. The zero-order valence-corrected chi connectivity index (χ0v) is 11.1. The Hall–Kier alpha value is -1.50. The zero-order valence-electron chi connectivity index (χ0n) is 11.1. The first-order chi connectivity index (χ1) is 9.33. The van der Waals surface area contributed by atoms with Crippen molar-refractivity contribution in [1.29, 1.82) is 0 Å². The number of carbonyl (C=O) groups is 1. The van der Waals surface area contributed by atoms with Crippen LogP contribution in [0.2, 0.25) is 0 Å². The van der Waals surface area contributed by atoms with E-state index in [2.05, 4.69) is 20.4 Å². The number of likely N-dealkylation sites (tertiary alicyclic amines) is 2. The molecule has 0 aliphatic carbocycles. The fourth-order valence-corrected chi connectivity index (χ4v) is 3.08. The van der Waals surface area contributed by atoms with Gasteiger partial charge in [0, 0.05) is 19.1 Å². The molecule has 0 radical (unpaired) electrons. The molecule has 0 N–H and O–H groups in total. The van der Waals surface area contributed by atoms with Crippen molar-refractivity contribution in [2.24, 2.45) is 0 Å². The van der Waals surface area contributed by atoms with Crippen LogP contribution in [0.3, 0.4) is 0 Å². The van der Waals surface area contributed by atoms with E-state index in [1.54, 1.807) is 0 Å². The van der Waals surface area contributed by atoms with Gasteiger partial charge in [0.15, 0.2) is 0 Å². The molecule has 1 unspecified atom stereocenters. The average molecular weight is 264 g/mol. The number of hydrogen-bond donors (Lipinski definition) is 0. The molecule has 1 aromatic heterocycles. The predicted octanol–water partition coefficient (Wildman–Crippen LogP) is -0.240. The van der Waals surface area contributed by atoms with Crippen molar-refractivity contribution in [2.75, 3.05) is 26.2 Å². The monoisotopic (exact) mass is 264 g/mol. The van der Waals surface area contributed by atoms with Crippen LogP contribution in [0.25, 0.3) is 0 Å². The number of rotatable bonds is 3. The van der Waals surface area contributed by atoms with Crippen molar-refractivity contribution in [3.05, 3.63) is 6.33 Å². The molecule has 19 heavy (non-hydrogen) atoms. The number of tetrazole rings is 1. The summed E-state index contributed by atoms with van der Waals surface area (Å²) in [6.07, 6.45) is 6.40. The Morgan fingerprint density at radius 1 is 1.21 bits per heavy atom. The van der Waals surface area contributed by atoms with Crippen LogP contribution >= 0.6 is 0 Å². The third kappa shape index (κ3) is 2.91. The zero-order chi connectivity index (χ0) is 13.1. The fourth-order valence-electron chi connectivity index (χ4n) is 3.08. The van der Waals surface area contributed by atoms with Crippen LogP contribution in [-0.4, -0.2) is 68.1 Å². The molecule has 0 bridgehead atoms. The lowest BCUT2D eigenvalue weighted by atomic mass is 10.0. The van der Waals surface area contributed by atoms with Crippen LogP contribution in [0.4, 0.5) is 0 Å². The Morgan fingerprint density at radius 2 is 2.05 bits per heavy atom. The average Bonchev–Trinajstić information content (AvgIpc) is 3.12. The quantitative estimate of drug-likeness (QED) is 0.754. The molecule has 2 saturated heterocycles.